The van der Waals surface area contributed by atoms with Crippen molar-refractivity contribution in [2.45, 2.75) is 31.7 Å². The number of rotatable bonds is 4. The van der Waals surface area contributed by atoms with Crippen molar-refractivity contribution in [3.8, 4) is 5.75 Å². The van der Waals surface area contributed by atoms with Crippen molar-refractivity contribution in [1.29, 1.82) is 0 Å². The van der Waals surface area contributed by atoms with Crippen LogP contribution in [0.2, 0.25) is 5.02 Å². The molecule has 2 aliphatic rings. The minimum absolute atomic E-state index is 0.0109. The van der Waals surface area contributed by atoms with E-state index in [1.54, 1.807) is 12.1 Å². The molecule has 1 unspecified atom stereocenters. The van der Waals surface area contributed by atoms with E-state index in [-0.39, 0.29) is 11.7 Å². The topological polar surface area (TPSA) is 52.6 Å². The molecule has 1 aromatic carbocycles. The summed E-state index contributed by atoms with van der Waals surface area (Å²) in [5.74, 6) is 0.421. The monoisotopic (exact) mass is 308 g/mol. The van der Waals surface area contributed by atoms with E-state index in [2.05, 4.69) is 5.32 Å². The number of phenolic OH excluding ortho intramolecular Hbond substituents is 1. The average Bonchev–Trinajstić information content (AvgIpc) is 3.32. The Morgan fingerprint density at radius 3 is 2.86 bits per heavy atom. The zero-order valence-electron chi connectivity index (χ0n) is 12.0. The van der Waals surface area contributed by atoms with Gasteiger partial charge in [0, 0.05) is 17.6 Å². The number of phenols is 1. The lowest BCUT2D eigenvalue weighted by Gasteiger charge is -2.30. The van der Waals surface area contributed by atoms with Gasteiger partial charge in [-0.1, -0.05) is 11.6 Å². The van der Waals surface area contributed by atoms with Crippen molar-refractivity contribution in [2.24, 2.45) is 5.92 Å². The summed E-state index contributed by atoms with van der Waals surface area (Å²) in [6.45, 7) is 2.81. The first-order valence-electron chi connectivity index (χ1n) is 7.65. The molecule has 2 N–H and O–H groups in total. The van der Waals surface area contributed by atoms with Gasteiger partial charge in [0.25, 0.3) is 5.91 Å². The van der Waals surface area contributed by atoms with Crippen molar-refractivity contribution < 1.29 is 9.90 Å². The van der Waals surface area contributed by atoms with Crippen LogP contribution in [0, 0.1) is 5.92 Å². The van der Waals surface area contributed by atoms with Gasteiger partial charge in [0.2, 0.25) is 0 Å². The third-order valence-corrected chi connectivity index (χ3v) is 4.53. The molecular formula is C16H21ClN2O2. The van der Waals surface area contributed by atoms with Gasteiger partial charge in [-0.3, -0.25) is 4.79 Å². The Hall–Kier alpha value is -1.26. The standard InChI is InChI=1S/C16H21ClN2O2/c17-12-3-6-15(20)14(8-12)16(21)19(13-4-5-13)10-11-2-1-7-18-9-11/h3,6,8,11,13,18,20H,1-2,4-5,7,9-10H2. The van der Waals surface area contributed by atoms with Gasteiger partial charge in [-0.15, -0.1) is 0 Å². The van der Waals surface area contributed by atoms with Gasteiger partial charge < -0.3 is 15.3 Å². The number of halogens is 1. The highest BCUT2D eigenvalue weighted by Gasteiger charge is 2.35. The minimum atomic E-state index is -0.0944. The van der Waals surface area contributed by atoms with Crippen LogP contribution >= 0.6 is 11.6 Å². The van der Waals surface area contributed by atoms with Crippen molar-refractivity contribution in [2.75, 3.05) is 19.6 Å². The number of carbonyl (C=O) groups excluding carboxylic acids is 1. The Balaban J connectivity index is 1.76. The minimum Gasteiger partial charge on any atom is -0.507 e. The Labute approximate surface area is 130 Å². The molecule has 3 rings (SSSR count). The Morgan fingerprint density at radius 1 is 1.38 bits per heavy atom. The molecule has 0 radical (unpaired) electrons. The maximum atomic E-state index is 12.8. The quantitative estimate of drug-likeness (QED) is 0.899. The van der Waals surface area contributed by atoms with Crippen LogP contribution in [0.5, 0.6) is 5.75 Å². The number of carbonyl (C=O) groups is 1. The molecule has 1 saturated carbocycles. The number of hydrogen-bond donors (Lipinski definition) is 2. The normalized spacial score (nSPS) is 22.0. The molecule has 114 valence electrons. The lowest BCUT2D eigenvalue weighted by Crippen LogP contribution is -2.42. The molecule has 0 spiro atoms. The predicted octanol–water partition coefficient (Wildman–Crippen LogP) is 2.65. The second kappa shape index (κ2) is 6.24. The molecule has 2 fully saturated rings. The summed E-state index contributed by atoms with van der Waals surface area (Å²) >= 11 is 5.96. The largest absolute Gasteiger partial charge is 0.507 e. The van der Waals surface area contributed by atoms with E-state index in [1.165, 1.54) is 12.5 Å². The van der Waals surface area contributed by atoms with Gasteiger partial charge in [0.15, 0.2) is 0 Å². The second-order valence-corrected chi connectivity index (χ2v) is 6.50. The van der Waals surface area contributed by atoms with Crippen LogP contribution in [0.15, 0.2) is 18.2 Å². The van der Waals surface area contributed by atoms with E-state index < -0.39 is 0 Å². The van der Waals surface area contributed by atoms with E-state index in [4.69, 9.17) is 11.6 Å². The first-order chi connectivity index (χ1) is 10.1. The number of amides is 1. The van der Waals surface area contributed by atoms with Crippen LogP contribution in [0.4, 0.5) is 0 Å². The van der Waals surface area contributed by atoms with Gasteiger partial charge >= 0.3 is 0 Å². The summed E-state index contributed by atoms with van der Waals surface area (Å²) in [4.78, 5) is 14.7. The number of nitrogens with one attached hydrogen (secondary N) is 1. The molecule has 1 aromatic rings. The lowest BCUT2D eigenvalue weighted by atomic mass is 9.98. The molecule has 0 bridgehead atoms. The maximum Gasteiger partial charge on any atom is 0.257 e. The molecule has 1 aliphatic heterocycles. The molecule has 21 heavy (non-hydrogen) atoms. The van der Waals surface area contributed by atoms with E-state index in [0.717, 1.165) is 38.9 Å². The highest BCUT2D eigenvalue weighted by atomic mass is 35.5. The fraction of sp³-hybridized carbons (Fsp3) is 0.562. The third-order valence-electron chi connectivity index (χ3n) is 4.29. The fourth-order valence-corrected chi connectivity index (χ4v) is 3.15. The van der Waals surface area contributed by atoms with E-state index in [9.17, 15) is 9.90 Å². The summed E-state index contributed by atoms with van der Waals surface area (Å²) in [7, 11) is 0. The Morgan fingerprint density at radius 2 is 2.19 bits per heavy atom. The Kier molecular flexibility index (Phi) is 4.36. The van der Waals surface area contributed by atoms with Crippen LogP contribution in [0.3, 0.4) is 0 Å². The van der Waals surface area contributed by atoms with E-state index in [0.29, 0.717) is 22.5 Å². The van der Waals surface area contributed by atoms with Crippen molar-refractivity contribution in [3.63, 3.8) is 0 Å². The van der Waals surface area contributed by atoms with E-state index >= 15 is 0 Å². The van der Waals surface area contributed by atoms with Crippen LogP contribution in [-0.4, -0.2) is 41.6 Å². The maximum absolute atomic E-state index is 12.8. The van der Waals surface area contributed by atoms with Crippen LogP contribution in [0.25, 0.3) is 0 Å². The highest BCUT2D eigenvalue weighted by molar-refractivity contribution is 6.31. The van der Waals surface area contributed by atoms with Gasteiger partial charge in [0.1, 0.15) is 5.75 Å². The van der Waals surface area contributed by atoms with Gasteiger partial charge in [-0.2, -0.15) is 0 Å². The molecule has 1 saturated heterocycles. The SMILES string of the molecule is O=C(c1cc(Cl)ccc1O)N(CC1CCCNC1)C1CC1. The van der Waals surface area contributed by atoms with Gasteiger partial charge in [-0.25, -0.2) is 0 Å². The number of piperidine rings is 1. The summed E-state index contributed by atoms with van der Waals surface area (Å²) < 4.78 is 0. The zero-order chi connectivity index (χ0) is 14.8. The zero-order valence-corrected chi connectivity index (χ0v) is 12.8. The van der Waals surface area contributed by atoms with Crippen molar-refractivity contribution in [1.82, 2.24) is 10.2 Å². The van der Waals surface area contributed by atoms with E-state index in [1.807, 2.05) is 4.90 Å². The van der Waals surface area contributed by atoms with Crippen molar-refractivity contribution in [3.05, 3.63) is 28.8 Å². The first-order valence-corrected chi connectivity index (χ1v) is 8.03. The Bertz CT molecular complexity index is 525. The average molecular weight is 309 g/mol. The molecule has 1 amide bonds. The molecule has 1 heterocycles. The summed E-state index contributed by atoms with van der Waals surface area (Å²) in [5, 5.41) is 13.8. The van der Waals surface area contributed by atoms with Crippen LogP contribution < -0.4 is 5.32 Å². The first kappa shape index (κ1) is 14.7. The smallest absolute Gasteiger partial charge is 0.257 e. The van der Waals surface area contributed by atoms with Gasteiger partial charge in [-0.05, 0) is 62.9 Å². The molecule has 4 nitrogen and oxygen atoms in total. The molecular weight excluding hydrogens is 288 g/mol. The summed E-state index contributed by atoms with van der Waals surface area (Å²) in [5.41, 5.74) is 0.318. The second-order valence-electron chi connectivity index (χ2n) is 6.06. The summed E-state index contributed by atoms with van der Waals surface area (Å²) in [6.07, 6.45) is 4.45. The van der Waals surface area contributed by atoms with Crippen LogP contribution in [0.1, 0.15) is 36.0 Å². The number of aromatic hydroxyl groups is 1. The fourth-order valence-electron chi connectivity index (χ4n) is 2.98. The molecule has 0 aromatic heterocycles. The molecule has 5 heteroatoms. The van der Waals surface area contributed by atoms with Gasteiger partial charge in [0.05, 0.1) is 5.56 Å². The highest BCUT2D eigenvalue weighted by Crippen LogP contribution is 2.32. The van der Waals surface area contributed by atoms with Crippen LogP contribution in [-0.2, 0) is 0 Å². The lowest BCUT2D eigenvalue weighted by molar-refractivity contribution is 0.0701. The third kappa shape index (κ3) is 3.50. The van der Waals surface area contributed by atoms with Crippen molar-refractivity contribution >= 4 is 17.5 Å². The summed E-state index contributed by atoms with van der Waals surface area (Å²) in [6, 6.07) is 4.98. The number of benzene rings is 1. The molecule has 1 atom stereocenters. The number of nitrogens with zero attached hydrogens (tertiary/aromatic N) is 1. The number of hydrogen-bond acceptors (Lipinski definition) is 3. The molecule has 1 aliphatic carbocycles. The predicted molar refractivity (Wildman–Crippen MR) is 82.8 cm³/mol.